The average Bonchev–Trinajstić information content (AvgIpc) is 2.92. The molecular weight excluding hydrogens is 368 g/mol. The van der Waals surface area contributed by atoms with Gasteiger partial charge < -0.3 is 5.32 Å². The Hall–Kier alpha value is -0.790. The number of nitrogens with one attached hydrogen (secondary N) is 1. The standard InChI is InChI=1S/C15H14ClF3N2S.ClH/c16-13-2-1-12(22-13)15(21-5-3-20-4-6-21)10-7-9(17)8-11(18)14(10)19;/h1-2,7-8,15,20H,3-6H2;1H/t15-;/m1./s1. The van der Waals surface area contributed by atoms with Crippen LogP contribution < -0.4 is 5.32 Å². The van der Waals surface area contributed by atoms with Crippen LogP contribution in [-0.2, 0) is 0 Å². The van der Waals surface area contributed by atoms with E-state index in [2.05, 4.69) is 5.32 Å². The predicted octanol–water partition coefficient (Wildman–Crippen LogP) is 4.24. The molecule has 2 nitrogen and oxygen atoms in total. The van der Waals surface area contributed by atoms with Crippen LogP contribution in [0.15, 0.2) is 24.3 Å². The van der Waals surface area contributed by atoms with Crippen LogP contribution in [0.3, 0.4) is 0 Å². The minimum Gasteiger partial charge on any atom is -0.314 e. The molecule has 2 aromatic rings. The van der Waals surface area contributed by atoms with Crippen LogP contribution in [0, 0.1) is 17.5 Å². The van der Waals surface area contributed by atoms with Crippen LogP contribution >= 0.6 is 35.3 Å². The lowest BCUT2D eigenvalue weighted by atomic mass is 10.0. The largest absolute Gasteiger partial charge is 0.314 e. The van der Waals surface area contributed by atoms with Gasteiger partial charge in [-0.05, 0) is 18.2 Å². The van der Waals surface area contributed by atoms with E-state index < -0.39 is 23.5 Å². The summed E-state index contributed by atoms with van der Waals surface area (Å²) in [6.07, 6.45) is 0. The number of rotatable bonds is 3. The van der Waals surface area contributed by atoms with Crippen molar-refractivity contribution in [3.8, 4) is 0 Å². The Labute approximate surface area is 147 Å². The van der Waals surface area contributed by atoms with E-state index in [1.807, 2.05) is 4.90 Å². The van der Waals surface area contributed by atoms with Crippen molar-refractivity contribution >= 4 is 35.3 Å². The maximum atomic E-state index is 14.3. The molecule has 1 aromatic carbocycles. The molecule has 1 N–H and O–H groups in total. The molecular formula is C15H15Cl2F3N2S. The third kappa shape index (κ3) is 4.00. The Bertz CT molecular complexity index is 675. The molecule has 0 radical (unpaired) electrons. The molecule has 126 valence electrons. The summed E-state index contributed by atoms with van der Waals surface area (Å²) < 4.78 is 42.0. The van der Waals surface area contributed by atoms with Gasteiger partial charge in [0.1, 0.15) is 5.82 Å². The van der Waals surface area contributed by atoms with E-state index in [1.165, 1.54) is 11.3 Å². The Morgan fingerprint density at radius 3 is 2.43 bits per heavy atom. The average molecular weight is 383 g/mol. The van der Waals surface area contributed by atoms with Crippen molar-refractivity contribution in [3.05, 3.63) is 56.5 Å². The highest BCUT2D eigenvalue weighted by Crippen LogP contribution is 2.37. The lowest BCUT2D eigenvalue weighted by Gasteiger charge is -2.34. The van der Waals surface area contributed by atoms with Gasteiger partial charge in [-0.3, -0.25) is 4.90 Å². The fourth-order valence-electron chi connectivity index (χ4n) is 2.72. The molecule has 0 aliphatic carbocycles. The normalized spacial score (nSPS) is 16.9. The summed E-state index contributed by atoms with van der Waals surface area (Å²) in [5, 5.41) is 3.21. The van der Waals surface area contributed by atoms with Crippen molar-refractivity contribution < 1.29 is 13.2 Å². The molecule has 1 aliphatic heterocycles. The van der Waals surface area contributed by atoms with Crippen LogP contribution in [0.2, 0.25) is 4.34 Å². The van der Waals surface area contributed by atoms with Crippen molar-refractivity contribution in [2.75, 3.05) is 26.2 Å². The third-order valence-electron chi connectivity index (χ3n) is 3.70. The van der Waals surface area contributed by atoms with Gasteiger partial charge in [-0.15, -0.1) is 23.7 Å². The third-order valence-corrected chi connectivity index (χ3v) is 4.98. The number of benzene rings is 1. The molecule has 0 bridgehead atoms. The number of piperazine rings is 1. The molecule has 1 atom stereocenters. The number of hydrogen-bond acceptors (Lipinski definition) is 3. The first-order chi connectivity index (χ1) is 10.6. The lowest BCUT2D eigenvalue weighted by molar-refractivity contribution is 0.196. The molecule has 1 fully saturated rings. The van der Waals surface area contributed by atoms with E-state index in [4.69, 9.17) is 11.6 Å². The number of halogens is 5. The van der Waals surface area contributed by atoms with Crippen LogP contribution in [0.25, 0.3) is 0 Å². The summed E-state index contributed by atoms with van der Waals surface area (Å²) in [6, 6.07) is 4.59. The molecule has 3 rings (SSSR count). The second-order valence-electron chi connectivity index (χ2n) is 5.12. The predicted molar refractivity (Wildman–Crippen MR) is 89.2 cm³/mol. The lowest BCUT2D eigenvalue weighted by Crippen LogP contribution is -2.45. The topological polar surface area (TPSA) is 15.3 Å². The zero-order valence-electron chi connectivity index (χ0n) is 12.0. The summed E-state index contributed by atoms with van der Waals surface area (Å²) in [6.45, 7) is 2.82. The van der Waals surface area contributed by atoms with Crippen LogP contribution in [-0.4, -0.2) is 31.1 Å². The van der Waals surface area contributed by atoms with Crippen molar-refractivity contribution in [1.29, 1.82) is 0 Å². The molecule has 2 heterocycles. The Morgan fingerprint density at radius 2 is 1.83 bits per heavy atom. The first-order valence-electron chi connectivity index (χ1n) is 6.90. The van der Waals surface area contributed by atoms with Gasteiger partial charge in [0.2, 0.25) is 0 Å². The van der Waals surface area contributed by atoms with Gasteiger partial charge in [-0.25, -0.2) is 13.2 Å². The zero-order valence-corrected chi connectivity index (χ0v) is 14.4. The van der Waals surface area contributed by atoms with E-state index in [0.29, 0.717) is 23.5 Å². The molecule has 0 unspecified atom stereocenters. The maximum Gasteiger partial charge on any atom is 0.164 e. The van der Waals surface area contributed by atoms with Crippen LogP contribution in [0.5, 0.6) is 0 Å². The summed E-state index contributed by atoms with van der Waals surface area (Å²) in [5.41, 5.74) is 0.0120. The van der Waals surface area contributed by atoms with Gasteiger partial charge >= 0.3 is 0 Å². The van der Waals surface area contributed by atoms with Gasteiger partial charge in [-0.2, -0.15) is 0 Å². The minimum absolute atomic E-state index is 0. The second kappa shape index (κ2) is 7.85. The van der Waals surface area contributed by atoms with Crippen LogP contribution in [0.1, 0.15) is 16.5 Å². The Morgan fingerprint density at radius 1 is 1.13 bits per heavy atom. The summed E-state index contributed by atoms with van der Waals surface area (Å²) in [7, 11) is 0. The summed E-state index contributed by atoms with van der Waals surface area (Å²) in [4.78, 5) is 2.78. The zero-order chi connectivity index (χ0) is 15.7. The SMILES string of the molecule is Cl.Fc1cc(F)c(F)c([C@H](c2ccc(Cl)s2)N2CCNCC2)c1. The quantitative estimate of drug-likeness (QED) is 0.798. The molecule has 23 heavy (non-hydrogen) atoms. The van der Waals surface area contributed by atoms with Crippen molar-refractivity contribution in [2.45, 2.75) is 6.04 Å². The Kier molecular flexibility index (Phi) is 6.33. The first-order valence-corrected chi connectivity index (χ1v) is 8.10. The molecule has 0 spiro atoms. The smallest absolute Gasteiger partial charge is 0.164 e. The molecule has 1 aromatic heterocycles. The molecule has 1 saturated heterocycles. The molecule has 8 heteroatoms. The monoisotopic (exact) mass is 382 g/mol. The number of hydrogen-bond donors (Lipinski definition) is 1. The molecule has 1 aliphatic rings. The van der Waals surface area contributed by atoms with E-state index in [0.717, 1.165) is 24.0 Å². The fourth-order valence-corrected chi connectivity index (χ4v) is 3.94. The van der Waals surface area contributed by atoms with Gasteiger partial charge in [-0.1, -0.05) is 11.6 Å². The van der Waals surface area contributed by atoms with Crippen molar-refractivity contribution in [1.82, 2.24) is 10.2 Å². The highest BCUT2D eigenvalue weighted by molar-refractivity contribution is 7.16. The van der Waals surface area contributed by atoms with Crippen LogP contribution in [0.4, 0.5) is 13.2 Å². The molecule has 0 amide bonds. The maximum absolute atomic E-state index is 14.3. The summed E-state index contributed by atoms with van der Waals surface area (Å²) in [5.74, 6) is -2.95. The van der Waals surface area contributed by atoms with Crippen molar-refractivity contribution in [3.63, 3.8) is 0 Å². The van der Waals surface area contributed by atoms with E-state index in [1.54, 1.807) is 12.1 Å². The van der Waals surface area contributed by atoms with Crippen molar-refractivity contribution in [2.24, 2.45) is 0 Å². The summed E-state index contributed by atoms with van der Waals surface area (Å²) >= 11 is 7.28. The van der Waals surface area contributed by atoms with E-state index in [-0.39, 0.29) is 18.0 Å². The highest BCUT2D eigenvalue weighted by Gasteiger charge is 2.29. The van der Waals surface area contributed by atoms with Gasteiger partial charge in [0, 0.05) is 42.7 Å². The minimum atomic E-state index is -1.17. The van der Waals surface area contributed by atoms with E-state index in [9.17, 15) is 13.2 Å². The second-order valence-corrected chi connectivity index (χ2v) is 6.87. The van der Waals surface area contributed by atoms with Gasteiger partial charge in [0.15, 0.2) is 11.6 Å². The van der Waals surface area contributed by atoms with Gasteiger partial charge in [0.25, 0.3) is 0 Å². The Balaban J connectivity index is 0.00000192. The first kappa shape index (κ1) is 18.5. The van der Waals surface area contributed by atoms with Gasteiger partial charge in [0.05, 0.1) is 10.4 Å². The fraction of sp³-hybridized carbons (Fsp3) is 0.333. The highest BCUT2D eigenvalue weighted by atomic mass is 35.5. The van der Waals surface area contributed by atoms with E-state index >= 15 is 0 Å². The number of thiophene rings is 1. The molecule has 0 saturated carbocycles. The number of nitrogens with zero attached hydrogens (tertiary/aromatic N) is 1.